The van der Waals surface area contributed by atoms with Crippen LogP contribution in [0.1, 0.15) is 32.1 Å². The molecule has 0 spiro atoms. The summed E-state index contributed by atoms with van der Waals surface area (Å²) in [6.45, 7) is 2.33. The highest BCUT2D eigenvalue weighted by Gasteiger charge is 2.38. The number of nitrogens with one attached hydrogen (secondary N) is 1. The second-order valence-electron chi connectivity index (χ2n) is 7.03. The van der Waals surface area contributed by atoms with Crippen molar-refractivity contribution in [3.05, 3.63) is 30.3 Å². The zero-order chi connectivity index (χ0) is 17.9. The molecule has 6 nitrogen and oxygen atoms in total. The van der Waals surface area contributed by atoms with Gasteiger partial charge in [0.05, 0.1) is 4.90 Å². The predicted octanol–water partition coefficient (Wildman–Crippen LogP) is 1.44. The van der Waals surface area contributed by atoms with E-state index >= 15 is 0 Å². The summed E-state index contributed by atoms with van der Waals surface area (Å²) in [6.07, 6.45) is 4.10. The first-order valence-electron chi connectivity index (χ1n) is 9.04. The Balaban J connectivity index is 1.73. The van der Waals surface area contributed by atoms with Crippen molar-refractivity contribution in [2.75, 3.05) is 26.7 Å². The summed E-state index contributed by atoms with van der Waals surface area (Å²) in [5.74, 6) is -0.145. The standard InChI is InChI=1S/C18H27N3O3S/c1-20-13-10-15(11-14-20)19-18(22)17-9-5-6-12-21(17)25(23,24)16-7-3-2-4-8-16/h2-4,7-8,15,17H,5-6,9-14H2,1H3,(H,19,22). The molecule has 0 aromatic heterocycles. The molecule has 1 amide bonds. The number of nitrogens with zero attached hydrogens (tertiary/aromatic N) is 2. The lowest BCUT2D eigenvalue weighted by molar-refractivity contribution is -0.126. The summed E-state index contributed by atoms with van der Waals surface area (Å²) in [7, 11) is -1.56. The smallest absolute Gasteiger partial charge is 0.243 e. The van der Waals surface area contributed by atoms with Crippen molar-refractivity contribution in [3.63, 3.8) is 0 Å². The molecule has 1 atom stereocenters. The van der Waals surface area contributed by atoms with Crippen LogP contribution in [-0.2, 0) is 14.8 Å². The van der Waals surface area contributed by atoms with Crippen LogP contribution in [0.5, 0.6) is 0 Å². The van der Waals surface area contributed by atoms with Crippen molar-refractivity contribution in [2.24, 2.45) is 0 Å². The zero-order valence-corrected chi connectivity index (χ0v) is 15.5. The maximum Gasteiger partial charge on any atom is 0.243 e. The topological polar surface area (TPSA) is 69.7 Å². The molecular weight excluding hydrogens is 338 g/mol. The summed E-state index contributed by atoms with van der Waals surface area (Å²) >= 11 is 0. The summed E-state index contributed by atoms with van der Waals surface area (Å²) in [5.41, 5.74) is 0. The molecule has 1 aromatic rings. The van der Waals surface area contributed by atoms with Crippen molar-refractivity contribution in [1.82, 2.24) is 14.5 Å². The molecule has 0 aliphatic carbocycles. The van der Waals surface area contributed by atoms with Crippen LogP contribution in [0.2, 0.25) is 0 Å². The number of carbonyl (C=O) groups excluding carboxylic acids is 1. The van der Waals surface area contributed by atoms with E-state index in [1.165, 1.54) is 4.31 Å². The molecule has 0 saturated carbocycles. The zero-order valence-electron chi connectivity index (χ0n) is 14.7. The Labute approximate surface area is 150 Å². The highest BCUT2D eigenvalue weighted by atomic mass is 32.2. The molecule has 0 radical (unpaired) electrons. The molecule has 25 heavy (non-hydrogen) atoms. The van der Waals surface area contributed by atoms with Crippen molar-refractivity contribution >= 4 is 15.9 Å². The SMILES string of the molecule is CN1CCC(NC(=O)C2CCCCN2S(=O)(=O)c2ccccc2)CC1. The number of amides is 1. The van der Waals surface area contributed by atoms with Crippen LogP contribution in [0, 0.1) is 0 Å². The highest BCUT2D eigenvalue weighted by Crippen LogP contribution is 2.25. The molecule has 3 rings (SSSR count). The van der Waals surface area contributed by atoms with Crippen molar-refractivity contribution in [3.8, 4) is 0 Å². The van der Waals surface area contributed by atoms with Crippen LogP contribution in [0.4, 0.5) is 0 Å². The van der Waals surface area contributed by atoms with Gasteiger partial charge in [-0.25, -0.2) is 8.42 Å². The van der Waals surface area contributed by atoms with Gasteiger partial charge in [0.2, 0.25) is 15.9 Å². The lowest BCUT2D eigenvalue weighted by Crippen LogP contribution is -2.54. The Hall–Kier alpha value is -1.44. The van der Waals surface area contributed by atoms with Gasteiger partial charge >= 0.3 is 0 Å². The molecule has 1 aromatic carbocycles. The number of benzene rings is 1. The molecule has 2 aliphatic heterocycles. The molecule has 2 aliphatic rings. The van der Waals surface area contributed by atoms with E-state index in [2.05, 4.69) is 17.3 Å². The molecule has 2 saturated heterocycles. The lowest BCUT2D eigenvalue weighted by atomic mass is 10.0. The quantitative estimate of drug-likeness (QED) is 0.877. The summed E-state index contributed by atoms with van der Waals surface area (Å²) in [6, 6.07) is 7.95. The molecule has 2 heterocycles. The molecular formula is C18H27N3O3S. The van der Waals surface area contributed by atoms with E-state index in [-0.39, 0.29) is 16.8 Å². The van der Waals surface area contributed by atoms with Gasteiger partial charge < -0.3 is 10.2 Å². The third-order valence-corrected chi connectivity index (χ3v) is 7.09. The summed E-state index contributed by atoms with van der Waals surface area (Å²) in [4.78, 5) is 15.3. The number of sulfonamides is 1. The van der Waals surface area contributed by atoms with Gasteiger partial charge in [-0.3, -0.25) is 4.79 Å². The average molecular weight is 365 g/mol. The first kappa shape index (κ1) is 18.4. The maximum absolute atomic E-state index is 13.0. The van der Waals surface area contributed by atoms with Crippen molar-refractivity contribution in [2.45, 2.75) is 49.1 Å². The van der Waals surface area contributed by atoms with Crippen LogP contribution >= 0.6 is 0 Å². The van der Waals surface area contributed by atoms with Crippen LogP contribution in [0.3, 0.4) is 0 Å². The molecule has 0 bridgehead atoms. The third-order valence-electron chi connectivity index (χ3n) is 5.17. The van der Waals surface area contributed by atoms with E-state index in [1.54, 1.807) is 30.3 Å². The number of piperidine rings is 2. The van der Waals surface area contributed by atoms with E-state index in [0.717, 1.165) is 38.8 Å². The van der Waals surface area contributed by atoms with Gasteiger partial charge in [0.1, 0.15) is 6.04 Å². The normalized spacial score (nSPS) is 24.1. The number of carbonyl (C=O) groups is 1. The summed E-state index contributed by atoms with van der Waals surface area (Å²) < 4.78 is 27.4. The first-order chi connectivity index (χ1) is 12.0. The second-order valence-corrected chi connectivity index (χ2v) is 8.92. The number of hydrogen-bond donors (Lipinski definition) is 1. The van der Waals surface area contributed by atoms with Gasteiger partial charge in [-0.2, -0.15) is 4.31 Å². The fourth-order valence-electron chi connectivity index (χ4n) is 3.63. The first-order valence-corrected chi connectivity index (χ1v) is 10.5. The minimum atomic E-state index is -3.64. The van der Waals surface area contributed by atoms with Gasteiger partial charge in [-0.1, -0.05) is 24.6 Å². The van der Waals surface area contributed by atoms with E-state index < -0.39 is 16.1 Å². The highest BCUT2D eigenvalue weighted by molar-refractivity contribution is 7.89. The van der Waals surface area contributed by atoms with Crippen LogP contribution in [0.15, 0.2) is 35.2 Å². The van der Waals surface area contributed by atoms with Gasteiger partial charge in [0, 0.05) is 12.6 Å². The maximum atomic E-state index is 13.0. The van der Waals surface area contributed by atoms with E-state index in [4.69, 9.17) is 0 Å². The predicted molar refractivity (Wildman–Crippen MR) is 96.6 cm³/mol. The van der Waals surface area contributed by atoms with Crippen LogP contribution in [0.25, 0.3) is 0 Å². The Kier molecular flexibility index (Phi) is 5.76. The molecule has 1 unspecified atom stereocenters. The van der Waals surface area contributed by atoms with E-state index in [0.29, 0.717) is 13.0 Å². The van der Waals surface area contributed by atoms with Gasteiger partial charge in [0.15, 0.2) is 0 Å². The second kappa shape index (κ2) is 7.85. The van der Waals surface area contributed by atoms with Crippen molar-refractivity contribution in [1.29, 1.82) is 0 Å². The van der Waals surface area contributed by atoms with Gasteiger partial charge in [0.25, 0.3) is 0 Å². The van der Waals surface area contributed by atoms with E-state index in [1.807, 2.05) is 0 Å². The monoisotopic (exact) mass is 365 g/mol. The lowest BCUT2D eigenvalue weighted by Gasteiger charge is -2.36. The van der Waals surface area contributed by atoms with Gasteiger partial charge in [-0.05, 0) is 58.0 Å². The Morgan fingerprint density at radius 3 is 2.40 bits per heavy atom. The van der Waals surface area contributed by atoms with Crippen LogP contribution in [-0.4, -0.2) is 62.3 Å². The molecule has 7 heteroatoms. The molecule has 138 valence electrons. The van der Waals surface area contributed by atoms with Crippen molar-refractivity contribution < 1.29 is 13.2 Å². The van der Waals surface area contributed by atoms with E-state index in [9.17, 15) is 13.2 Å². The Bertz CT molecular complexity index is 685. The number of rotatable bonds is 4. The fraction of sp³-hybridized carbons (Fsp3) is 0.611. The minimum absolute atomic E-state index is 0.145. The largest absolute Gasteiger partial charge is 0.352 e. The van der Waals surface area contributed by atoms with Gasteiger partial charge in [-0.15, -0.1) is 0 Å². The fourth-order valence-corrected chi connectivity index (χ4v) is 5.31. The number of hydrogen-bond acceptors (Lipinski definition) is 4. The molecule has 2 fully saturated rings. The molecule has 1 N–H and O–H groups in total. The Morgan fingerprint density at radius 2 is 1.72 bits per heavy atom. The number of likely N-dealkylation sites (tertiary alicyclic amines) is 1. The van der Waals surface area contributed by atoms with Crippen LogP contribution < -0.4 is 5.32 Å². The summed E-state index contributed by atoms with van der Waals surface area (Å²) in [5, 5.41) is 3.09. The third kappa shape index (κ3) is 4.22. The average Bonchev–Trinajstić information content (AvgIpc) is 2.64. The minimum Gasteiger partial charge on any atom is -0.352 e. The Morgan fingerprint density at radius 1 is 1.04 bits per heavy atom.